The second-order valence-electron chi connectivity index (χ2n) is 5.55. The number of halogens is 1. The SMILES string of the molecule is CCOc1cc(/C=N/NC(=O)C(=O)Nc2ccc(F)cc2)ccc1OCC(N)=O. The molecule has 0 unspecified atom stereocenters. The van der Waals surface area contributed by atoms with Crippen LogP contribution in [-0.2, 0) is 14.4 Å². The zero-order chi connectivity index (χ0) is 21.2. The minimum atomic E-state index is -1.00. The lowest BCUT2D eigenvalue weighted by molar-refractivity contribution is -0.136. The van der Waals surface area contributed by atoms with Crippen LogP contribution >= 0.6 is 0 Å². The first-order valence-corrected chi connectivity index (χ1v) is 8.47. The summed E-state index contributed by atoms with van der Waals surface area (Å²) in [5.41, 5.74) is 7.94. The van der Waals surface area contributed by atoms with E-state index in [0.717, 1.165) is 12.1 Å². The molecule has 0 bridgehead atoms. The van der Waals surface area contributed by atoms with Crippen LogP contribution in [0.1, 0.15) is 12.5 Å². The number of nitrogens with two attached hydrogens (primary N) is 1. The molecule has 0 radical (unpaired) electrons. The number of hydrazone groups is 1. The minimum absolute atomic E-state index is 0.267. The molecule has 0 spiro atoms. The van der Waals surface area contributed by atoms with Crippen molar-refractivity contribution in [2.24, 2.45) is 10.8 Å². The third-order valence-electron chi connectivity index (χ3n) is 3.33. The Kier molecular flexibility index (Phi) is 7.66. The van der Waals surface area contributed by atoms with Crippen LogP contribution in [0.15, 0.2) is 47.6 Å². The maximum Gasteiger partial charge on any atom is 0.329 e. The number of carbonyl (C=O) groups is 3. The van der Waals surface area contributed by atoms with E-state index < -0.39 is 23.5 Å². The highest BCUT2D eigenvalue weighted by Gasteiger charge is 2.13. The number of anilines is 1. The number of nitrogens with zero attached hydrogens (tertiary/aromatic N) is 1. The Morgan fingerprint density at radius 2 is 1.79 bits per heavy atom. The molecule has 0 saturated heterocycles. The van der Waals surface area contributed by atoms with Crippen LogP contribution in [0, 0.1) is 5.82 Å². The monoisotopic (exact) mass is 402 g/mol. The number of rotatable bonds is 8. The van der Waals surface area contributed by atoms with Crippen LogP contribution in [-0.4, -0.2) is 37.1 Å². The molecule has 2 rings (SSSR count). The standard InChI is InChI=1S/C19H19FN4O5/c1-2-28-16-9-12(3-8-15(16)29-11-17(21)25)10-22-24-19(27)18(26)23-14-6-4-13(20)5-7-14/h3-10H,2,11H2,1H3,(H2,21,25)(H,23,26)(H,24,27)/b22-10+. The van der Waals surface area contributed by atoms with Crippen LogP contribution in [0.2, 0.25) is 0 Å². The normalized spacial score (nSPS) is 10.4. The highest BCUT2D eigenvalue weighted by molar-refractivity contribution is 6.39. The van der Waals surface area contributed by atoms with Gasteiger partial charge in [0.25, 0.3) is 5.91 Å². The maximum atomic E-state index is 12.8. The van der Waals surface area contributed by atoms with Gasteiger partial charge in [-0.2, -0.15) is 5.10 Å². The van der Waals surface area contributed by atoms with Gasteiger partial charge in [-0.25, -0.2) is 9.82 Å². The van der Waals surface area contributed by atoms with E-state index in [4.69, 9.17) is 15.2 Å². The van der Waals surface area contributed by atoms with E-state index >= 15 is 0 Å². The number of benzene rings is 2. The summed E-state index contributed by atoms with van der Waals surface area (Å²) in [6, 6.07) is 9.68. The van der Waals surface area contributed by atoms with Crippen molar-refractivity contribution in [2.75, 3.05) is 18.5 Å². The largest absolute Gasteiger partial charge is 0.490 e. The Hall–Kier alpha value is -3.95. The Morgan fingerprint density at radius 3 is 2.45 bits per heavy atom. The first kappa shape index (κ1) is 21.4. The molecule has 0 aliphatic rings. The topological polar surface area (TPSA) is 132 Å². The van der Waals surface area contributed by atoms with Crippen molar-refractivity contribution in [2.45, 2.75) is 6.92 Å². The van der Waals surface area contributed by atoms with Crippen molar-refractivity contribution in [3.63, 3.8) is 0 Å². The highest BCUT2D eigenvalue weighted by atomic mass is 19.1. The van der Waals surface area contributed by atoms with Crippen molar-refractivity contribution in [1.29, 1.82) is 0 Å². The molecule has 2 aromatic carbocycles. The fraction of sp³-hybridized carbons (Fsp3) is 0.158. The minimum Gasteiger partial charge on any atom is -0.490 e. The van der Waals surface area contributed by atoms with Gasteiger partial charge in [0.1, 0.15) is 5.82 Å². The van der Waals surface area contributed by atoms with E-state index in [-0.39, 0.29) is 12.3 Å². The summed E-state index contributed by atoms with van der Waals surface area (Å²) in [7, 11) is 0. The highest BCUT2D eigenvalue weighted by Crippen LogP contribution is 2.28. The summed E-state index contributed by atoms with van der Waals surface area (Å²) in [5, 5.41) is 6.02. The summed E-state index contributed by atoms with van der Waals surface area (Å²) >= 11 is 0. The van der Waals surface area contributed by atoms with Crippen molar-refractivity contribution in [3.05, 3.63) is 53.8 Å². The van der Waals surface area contributed by atoms with Crippen molar-refractivity contribution < 1.29 is 28.2 Å². The summed E-state index contributed by atoms with van der Waals surface area (Å²) in [6.07, 6.45) is 1.30. The molecule has 0 atom stereocenters. The number of carbonyl (C=O) groups excluding carboxylic acids is 3. The Bertz CT molecular complexity index is 915. The average Bonchev–Trinajstić information content (AvgIpc) is 2.69. The Labute approximate surface area is 165 Å². The van der Waals surface area contributed by atoms with Crippen LogP contribution in [0.25, 0.3) is 0 Å². The zero-order valence-electron chi connectivity index (χ0n) is 15.5. The van der Waals surface area contributed by atoms with Crippen LogP contribution in [0.5, 0.6) is 11.5 Å². The Balaban J connectivity index is 1.96. The lowest BCUT2D eigenvalue weighted by Crippen LogP contribution is -2.32. The van der Waals surface area contributed by atoms with Gasteiger partial charge < -0.3 is 20.5 Å². The van der Waals surface area contributed by atoms with Gasteiger partial charge in [-0.15, -0.1) is 0 Å². The van der Waals surface area contributed by atoms with Crippen molar-refractivity contribution >= 4 is 29.6 Å². The lowest BCUT2D eigenvalue weighted by atomic mass is 10.2. The second-order valence-corrected chi connectivity index (χ2v) is 5.55. The first-order chi connectivity index (χ1) is 13.9. The number of amides is 3. The number of primary amides is 1. The van der Waals surface area contributed by atoms with E-state index in [0.29, 0.717) is 23.7 Å². The summed E-state index contributed by atoms with van der Waals surface area (Å²) in [4.78, 5) is 34.4. The molecule has 0 aromatic heterocycles. The molecule has 29 heavy (non-hydrogen) atoms. The molecule has 0 heterocycles. The van der Waals surface area contributed by atoms with Crippen LogP contribution in [0.4, 0.5) is 10.1 Å². The molecule has 152 valence electrons. The molecular formula is C19H19FN4O5. The quantitative estimate of drug-likeness (QED) is 0.346. The molecule has 4 N–H and O–H groups in total. The lowest BCUT2D eigenvalue weighted by Gasteiger charge is -2.11. The molecule has 0 fully saturated rings. The van der Waals surface area contributed by atoms with Gasteiger partial charge in [0.2, 0.25) is 0 Å². The average molecular weight is 402 g/mol. The third-order valence-corrected chi connectivity index (χ3v) is 3.33. The third kappa shape index (κ3) is 6.94. The molecular weight excluding hydrogens is 383 g/mol. The predicted molar refractivity (Wildman–Crippen MR) is 103 cm³/mol. The summed E-state index contributed by atoms with van der Waals surface area (Å²) < 4.78 is 23.5. The second kappa shape index (κ2) is 10.4. The molecule has 0 aliphatic carbocycles. The smallest absolute Gasteiger partial charge is 0.329 e. The number of nitrogens with one attached hydrogen (secondary N) is 2. The molecule has 2 aromatic rings. The van der Waals surface area contributed by atoms with Gasteiger partial charge in [-0.05, 0) is 55.0 Å². The van der Waals surface area contributed by atoms with Gasteiger partial charge in [0.15, 0.2) is 18.1 Å². The number of ether oxygens (including phenoxy) is 2. The molecule has 0 aliphatic heterocycles. The van der Waals surface area contributed by atoms with Crippen LogP contribution in [0.3, 0.4) is 0 Å². The van der Waals surface area contributed by atoms with E-state index in [9.17, 15) is 18.8 Å². The van der Waals surface area contributed by atoms with Gasteiger partial charge >= 0.3 is 11.8 Å². The van der Waals surface area contributed by atoms with E-state index in [2.05, 4.69) is 15.8 Å². The molecule has 0 saturated carbocycles. The summed E-state index contributed by atoms with van der Waals surface area (Å²) in [6.45, 7) is 1.83. The Morgan fingerprint density at radius 1 is 1.07 bits per heavy atom. The van der Waals surface area contributed by atoms with Gasteiger partial charge in [0, 0.05) is 5.69 Å². The van der Waals surface area contributed by atoms with Crippen molar-refractivity contribution in [1.82, 2.24) is 5.43 Å². The zero-order valence-corrected chi connectivity index (χ0v) is 15.5. The number of hydrogen-bond donors (Lipinski definition) is 3. The summed E-state index contributed by atoms with van der Waals surface area (Å²) in [5.74, 6) is -2.37. The van der Waals surface area contributed by atoms with Gasteiger partial charge in [0.05, 0.1) is 12.8 Å². The predicted octanol–water partition coefficient (Wildman–Crippen LogP) is 1.18. The van der Waals surface area contributed by atoms with Gasteiger partial charge in [-0.1, -0.05) is 0 Å². The molecule has 3 amide bonds. The van der Waals surface area contributed by atoms with E-state index in [1.807, 2.05) is 0 Å². The first-order valence-electron chi connectivity index (χ1n) is 8.47. The molecule has 10 heteroatoms. The van der Waals surface area contributed by atoms with Gasteiger partial charge in [-0.3, -0.25) is 14.4 Å². The fourth-order valence-corrected chi connectivity index (χ4v) is 2.08. The number of hydrogen-bond acceptors (Lipinski definition) is 6. The van der Waals surface area contributed by atoms with Crippen molar-refractivity contribution in [3.8, 4) is 11.5 Å². The van der Waals surface area contributed by atoms with E-state index in [1.165, 1.54) is 18.3 Å². The maximum absolute atomic E-state index is 12.8. The van der Waals surface area contributed by atoms with E-state index in [1.54, 1.807) is 25.1 Å². The fourth-order valence-electron chi connectivity index (χ4n) is 2.08. The van der Waals surface area contributed by atoms with Crippen LogP contribution < -0.4 is 25.9 Å². The molecule has 9 nitrogen and oxygen atoms in total.